The lowest BCUT2D eigenvalue weighted by Gasteiger charge is -2.37. The Morgan fingerprint density at radius 2 is 1.67 bits per heavy atom. The number of ether oxygens (including phenoxy) is 1. The molecule has 1 saturated heterocycles. The van der Waals surface area contributed by atoms with Crippen LogP contribution in [-0.2, 0) is 9.84 Å². The van der Waals surface area contributed by atoms with Gasteiger partial charge in [0.2, 0.25) is 0 Å². The second-order valence-corrected chi connectivity index (χ2v) is 8.31. The Balaban J connectivity index is 1.80. The number of anilines is 2. The molecule has 0 spiro atoms. The van der Waals surface area contributed by atoms with Crippen LogP contribution in [0.2, 0.25) is 0 Å². The summed E-state index contributed by atoms with van der Waals surface area (Å²) in [6.45, 7) is 2.77. The Bertz CT molecular complexity index is 953. The van der Waals surface area contributed by atoms with Crippen molar-refractivity contribution >= 4 is 26.9 Å². The number of hydrogen-bond acceptors (Lipinski definition) is 7. The number of para-hydroxylation sites is 2. The topological polar surface area (TPSA) is 93.0 Å². The molecule has 0 radical (unpaired) electrons. The Kier molecular flexibility index (Phi) is 5.22. The molecule has 0 amide bonds. The molecule has 0 bridgehead atoms. The Hall–Kier alpha value is -2.81. The number of hydrogen-bond donors (Lipinski definition) is 0. The van der Waals surface area contributed by atoms with E-state index in [1.54, 1.807) is 13.2 Å². The van der Waals surface area contributed by atoms with Gasteiger partial charge in [0.15, 0.2) is 9.84 Å². The minimum atomic E-state index is -3.66. The first-order valence-corrected chi connectivity index (χ1v) is 10.3. The molecule has 0 unspecified atom stereocenters. The highest BCUT2D eigenvalue weighted by atomic mass is 32.2. The molecule has 3 rings (SSSR count). The van der Waals surface area contributed by atoms with Crippen LogP contribution in [0.5, 0.6) is 5.75 Å². The number of sulfone groups is 1. The van der Waals surface area contributed by atoms with Crippen molar-refractivity contribution < 1.29 is 18.1 Å². The summed E-state index contributed by atoms with van der Waals surface area (Å²) < 4.78 is 28.9. The van der Waals surface area contributed by atoms with Crippen LogP contribution in [0.3, 0.4) is 0 Å². The highest BCUT2D eigenvalue weighted by Crippen LogP contribution is 2.32. The first-order chi connectivity index (χ1) is 12.8. The van der Waals surface area contributed by atoms with E-state index in [1.807, 2.05) is 29.2 Å². The molecule has 0 N–H and O–H groups in total. The molecule has 1 aliphatic rings. The van der Waals surface area contributed by atoms with Gasteiger partial charge in [0, 0.05) is 44.2 Å². The second-order valence-electron chi connectivity index (χ2n) is 6.33. The van der Waals surface area contributed by atoms with Crippen LogP contribution in [0.1, 0.15) is 0 Å². The Morgan fingerprint density at radius 1 is 1.04 bits per heavy atom. The highest BCUT2D eigenvalue weighted by Gasteiger charge is 2.25. The molecule has 0 saturated carbocycles. The average molecular weight is 391 g/mol. The predicted molar refractivity (Wildman–Crippen MR) is 104 cm³/mol. The largest absolute Gasteiger partial charge is 0.495 e. The van der Waals surface area contributed by atoms with Crippen LogP contribution in [0.25, 0.3) is 0 Å². The molecular formula is C18H21N3O5S. The van der Waals surface area contributed by atoms with Crippen molar-refractivity contribution in [2.24, 2.45) is 0 Å². The van der Waals surface area contributed by atoms with E-state index in [0.29, 0.717) is 18.8 Å². The van der Waals surface area contributed by atoms with E-state index in [2.05, 4.69) is 4.90 Å². The van der Waals surface area contributed by atoms with Gasteiger partial charge in [-0.2, -0.15) is 0 Å². The number of nitrogens with zero attached hydrogens (tertiary/aromatic N) is 3. The van der Waals surface area contributed by atoms with Gasteiger partial charge < -0.3 is 14.5 Å². The van der Waals surface area contributed by atoms with E-state index in [4.69, 9.17) is 4.74 Å². The second kappa shape index (κ2) is 7.43. The monoisotopic (exact) mass is 391 g/mol. The van der Waals surface area contributed by atoms with Crippen molar-refractivity contribution in [3.05, 3.63) is 52.6 Å². The summed E-state index contributed by atoms with van der Waals surface area (Å²) in [5.74, 6) is 0.805. The molecule has 144 valence electrons. The lowest BCUT2D eigenvalue weighted by Crippen LogP contribution is -2.46. The molecule has 8 nitrogen and oxygen atoms in total. The number of nitro groups is 1. The molecule has 1 aliphatic heterocycles. The van der Waals surface area contributed by atoms with E-state index < -0.39 is 14.8 Å². The quantitative estimate of drug-likeness (QED) is 0.570. The molecule has 2 aromatic rings. The predicted octanol–water partition coefficient (Wildman–Crippen LogP) is 2.33. The first-order valence-electron chi connectivity index (χ1n) is 8.42. The maximum Gasteiger partial charge on any atom is 0.290 e. The molecule has 1 heterocycles. The van der Waals surface area contributed by atoms with Gasteiger partial charge in [-0.1, -0.05) is 12.1 Å². The number of piperazine rings is 1. The van der Waals surface area contributed by atoms with E-state index in [-0.39, 0.29) is 10.6 Å². The van der Waals surface area contributed by atoms with Gasteiger partial charge in [-0.05, 0) is 24.3 Å². The van der Waals surface area contributed by atoms with Crippen LogP contribution in [0.4, 0.5) is 17.1 Å². The summed E-state index contributed by atoms with van der Waals surface area (Å²) in [6, 6.07) is 12.1. The number of methoxy groups -OCH3 is 1. The van der Waals surface area contributed by atoms with Gasteiger partial charge in [-0.25, -0.2) is 8.42 Å². The van der Waals surface area contributed by atoms with Gasteiger partial charge in [-0.3, -0.25) is 10.1 Å². The van der Waals surface area contributed by atoms with Gasteiger partial charge in [0.1, 0.15) is 10.6 Å². The van der Waals surface area contributed by atoms with Crippen molar-refractivity contribution in [2.75, 3.05) is 49.3 Å². The van der Waals surface area contributed by atoms with E-state index in [9.17, 15) is 18.5 Å². The lowest BCUT2D eigenvalue weighted by molar-refractivity contribution is -0.387. The summed E-state index contributed by atoms with van der Waals surface area (Å²) >= 11 is 0. The zero-order chi connectivity index (χ0) is 19.6. The SMILES string of the molecule is COc1ccccc1N1CCN(c2ccc(S(C)(=O)=O)c([N+](=O)[O-])c2)CC1. The van der Waals surface area contributed by atoms with Crippen LogP contribution in [0, 0.1) is 10.1 Å². The zero-order valence-corrected chi connectivity index (χ0v) is 16.0. The smallest absolute Gasteiger partial charge is 0.290 e. The van der Waals surface area contributed by atoms with Gasteiger partial charge >= 0.3 is 0 Å². The first kappa shape index (κ1) is 19.0. The summed E-state index contributed by atoms with van der Waals surface area (Å²) in [4.78, 5) is 14.6. The average Bonchev–Trinajstić information content (AvgIpc) is 2.67. The molecule has 2 aromatic carbocycles. The third-order valence-electron chi connectivity index (χ3n) is 4.61. The fraction of sp³-hybridized carbons (Fsp3) is 0.333. The third kappa shape index (κ3) is 3.97. The van der Waals surface area contributed by atoms with Gasteiger partial charge in [0.25, 0.3) is 5.69 Å². The van der Waals surface area contributed by atoms with Gasteiger partial charge in [0.05, 0.1) is 17.7 Å². The van der Waals surface area contributed by atoms with Crippen molar-refractivity contribution in [3.63, 3.8) is 0 Å². The van der Waals surface area contributed by atoms with E-state index in [0.717, 1.165) is 30.8 Å². The van der Waals surface area contributed by atoms with E-state index >= 15 is 0 Å². The standard InChI is InChI=1S/C18H21N3O5S/c1-26-17-6-4-3-5-15(17)20-11-9-19(10-12-20)14-7-8-18(27(2,24)25)16(13-14)21(22)23/h3-8,13H,9-12H2,1-2H3. The summed E-state index contributed by atoms with van der Waals surface area (Å²) in [5, 5.41) is 11.3. The molecule has 0 atom stereocenters. The minimum absolute atomic E-state index is 0.260. The molecular weight excluding hydrogens is 370 g/mol. The van der Waals surface area contributed by atoms with Crippen molar-refractivity contribution in [1.29, 1.82) is 0 Å². The number of benzene rings is 2. The minimum Gasteiger partial charge on any atom is -0.495 e. The highest BCUT2D eigenvalue weighted by molar-refractivity contribution is 7.90. The summed E-state index contributed by atoms with van der Waals surface area (Å²) in [5.41, 5.74) is 1.27. The number of rotatable bonds is 5. The molecule has 9 heteroatoms. The fourth-order valence-corrected chi connectivity index (χ4v) is 4.08. The molecule has 0 aliphatic carbocycles. The maximum absolute atomic E-state index is 11.8. The molecule has 27 heavy (non-hydrogen) atoms. The van der Waals surface area contributed by atoms with Crippen LogP contribution in [0.15, 0.2) is 47.4 Å². The normalized spacial score (nSPS) is 14.9. The maximum atomic E-state index is 11.8. The van der Waals surface area contributed by atoms with Crippen molar-refractivity contribution in [2.45, 2.75) is 4.90 Å². The van der Waals surface area contributed by atoms with Crippen LogP contribution in [-0.4, -0.2) is 52.9 Å². The van der Waals surface area contributed by atoms with Crippen LogP contribution < -0.4 is 14.5 Å². The van der Waals surface area contributed by atoms with Gasteiger partial charge in [-0.15, -0.1) is 0 Å². The van der Waals surface area contributed by atoms with Crippen molar-refractivity contribution in [3.8, 4) is 5.75 Å². The number of nitro benzene ring substituents is 1. The van der Waals surface area contributed by atoms with Crippen molar-refractivity contribution in [1.82, 2.24) is 0 Å². The zero-order valence-electron chi connectivity index (χ0n) is 15.2. The Morgan fingerprint density at radius 3 is 2.26 bits per heavy atom. The summed E-state index contributed by atoms with van der Waals surface area (Å²) in [7, 11) is -2.02. The van der Waals surface area contributed by atoms with E-state index in [1.165, 1.54) is 12.1 Å². The summed E-state index contributed by atoms with van der Waals surface area (Å²) in [6.07, 6.45) is 0.973. The molecule has 0 aromatic heterocycles. The van der Waals surface area contributed by atoms with Crippen LogP contribution >= 0.6 is 0 Å². The molecule has 1 fully saturated rings. The third-order valence-corrected chi connectivity index (χ3v) is 5.75. The Labute approximate surface area is 158 Å². The fourth-order valence-electron chi connectivity index (χ4n) is 3.26. The lowest BCUT2D eigenvalue weighted by atomic mass is 10.2.